The first-order chi connectivity index (χ1) is 8.00. The minimum absolute atomic E-state index is 0.149. The van der Waals surface area contributed by atoms with Crippen molar-refractivity contribution in [1.29, 1.82) is 0 Å². The van der Waals surface area contributed by atoms with Crippen LogP contribution in [-0.4, -0.2) is 39.9 Å². The van der Waals surface area contributed by atoms with Crippen LogP contribution >= 0.6 is 12.2 Å². The summed E-state index contributed by atoms with van der Waals surface area (Å²) < 4.78 is 0. The largest absolute Gasteiger partial charge is 0.329 e. The quantitative estimate of drug-likeness (QED) is 0.578. The Morgan fingerprint density at radius 3 is 2.41 bits per heavy atom. The first kappa shape index (κ1) is 11.5. The van der Waals surface area contributed by atoms with E-state index in [0.717, 1.165) is 5.56 Å². The van der Waals surface area contributed by atoms with Crippen LogP contribution in [0.5, 0.6) is 0 Å². The Morgan fingerprint density at radius 2 is 1.94 bits per heavy atom. The van der Waals surface area contributed by atoms with Crippen molar-refractivity contribution in [1.82, 2.24) is 14.8 Å². The fraction of sp³-hybridized carbons (Fsp3) is 0.182. The molecule has 1 amide bonds. The Hall–Kier alpha value is -1.95. The zero-order valence-corrected chi connectivity index (χ0v) is 10.2. The molecule has 6 heteroatoms. The molecule has 0 spiro atoms. The van der Waals surface area contributed by atoms with Crippen LogP contribution in [0.4, 0.5) is 0 Å². The minimum atomic E-state index is -0.175. The van der Waals surface area contributed by atoms with Gasteiger partial charge in [-0.3, -0.25) is 14.5 Å². The number of aromatic amines is 1. The van der Waals surface area contributed by atoms with Gasteiger partial charge in [-0.2, -0.15) is 0 Å². The molecular weight excluding hydrogens is 238 g/mol. The van der Waals surface area contributed by atoms with E-state index in [1.807, 2.05) is 0 Å². The lowest BCUT2D eigenvalue weighted by Crippen LogP contribution is -2.26. The summed E-state index contributed by atoms with van der Waals surface area (Å²) in [5.74, 6) is -0.149. The van der Waals surface area contributed by atoms with Crippen LogP contribution in [0.25, 0.3) is 6.08 Å². The average Bonchev–Trinajstić information content (AvgIpc) is 2.50. The number of thiocarbonyl (C=S) groups is 1. The number of nitrogens with one attached hydrogen (secondary N) is 1. The molecule has 1 fully saturated rings. The Balaban J connectivity index is 2.40. The third-order valence-corrected chi connectivity index (χ3v) is 3.12. The van der Waals surface area contributed by atoms with E-state index in [1.165, 1.54) is 11.0 Å². The molecular formula is C11H11N3O2S. The highest BCUT2D eigenvalue weighted by molar-refractivity contribution is 7.80. The van der Waals surface area contributed by atoms with Gasteiger partial charge < -0.3 is 9.88 Å². The second kappa shape index (κ2) is 4.14. The van der Waals surface area contributed by atoms with Crippen molar-refractivity contribution in [2.45, 2.75) is 0 Å². The second-order valence-corrected chi connectivity index (χ2v) is 4.09. The van der Waals surface area contributed by atoms with Crippen LogP contribution in [0.1, 0.15) is 5.56 Å². The van der Waals surface area contributed by atoms with E-state index in [4.69, 9.17) is 12.2 Å². The van der Waals surface area contributed by atoms with Crippen molar-refractivity contribution >= 4 is 29.3 Å². The summed E-state index contributed by atoms with van der Waals surface area (Å²) >= 11 is 5.09. The van der Waals surface area contributed by atoms with Gasteiger partial charge in [-0.15, -0.1) is 0 Å². The highest BCUT2D eigenvalue weighted by atomic mass is 32.1. The molecule has 17 heavy (non-hydrogen) atoms. The molecule has 0 unspecified atom stereocenters. The number of nitrogens with zero attached hydrogens (tertiary/aromatic N) is 2. The molecule has 5 nitrogen and oxygen atoms in total. The van der Waals surface area contributed by atoms with Crippen molar-refractivity contribution in [2.24, 2.45) is 0 Å². The van der Waals surface area contributed by atoms with Gasteiger partial charge in [0.25, 0.3) is 5.91 Å². The van der Waals surface area contributed by atoms with E-state index in [9.17, 15) is 9.59 Å². The number of aromatic nitrogens is 1. The fourth-order valence-corrected chi connectivity index (χ4v) is 1.74. The molecule has 0 aromatic carbocycles. The normalized spacial score (nSPS) is 18.4. The van der Waals surface area contributed by atoms with E-state index in [1.54, 1.807) is 37.3 Å². The van der Waals surface area contributed by atoms with Crippen molar-refractivity contribution in [3.8, 4) is 0 Å². The van der Waals surface area contributed by atoms with E-state index in [-0.39, 0.29) is 11.5 Å². The number of hydrogen-bond acceptors (Lipinski definition) is 3. The van der Waals surface area contributed by atoms with Crippen LogP contribution in [-0.2, 0) is 4.79 Å². The first-order valence-electron chi connectivity index (χ1n) is 4.97. The summed E-state index contributed by atoms with van der Waals surface area (Å²) in [5, 5.41) is 0.464. The smallest absolute Gasteiger partial charge is 0.276 e. The molecule has 0 saturated carbocycles. The Kier molecular flexibility index (Phi) is 2.81. The van der Waals surface area contributed by atoms with Gasteiger partial charge in [0.1, 0.15) is 5.70 Å². The molecule has 2 heterocycles. The van der Waals surface area contributed by atoms with Crippen LogP contribution in [0.3, 0.4) is 0 Å². The van der Waals surface area contributed by atoms with Gasteiger partial charge in [0.15, 0.2) is 5.11 Å². The average molecular weight is 249 g/mol. The highest BCUT2D eigenvalue weighted by Crippen LogP contribution is 2.19. The Labute approximate surface area is 103 Å². The minimum Gasteiger partial charge on any atom is -0.329 e. The number of amides is 1. The van der Waals surface area contributed by atoms with Gasteiger partial charge in [-0.05, 0) is 29.9 Å². The van der Waals surface area contributed by atoms with Crippen molar-refractivity contribution in [3.05, 3.63) is 39.9 Å². The first-order valence-corrected chi connectivity index (χ1v) is 5.37. The van der Waals surface area contributed by atoms with Gasteiger partial charge in [0, 0.05) is 26.4 Å². The third-order valence-electron chi connectivity index (χ3n) is 2.57. The summed E-state index contributed by atoms with van der Waals surface area (Å²) in [6, 6.07) is 3.06. The molecule has 0 bridgehead atoms. The molecule has 0 atom stereocenters. The SMILES string of the molecule is CN1C(=O)/C(=C\c2ccc(=O)[nH]c2)N(C)C1=S. The van der Waals surface area contributed by atoms with E-state index in [2.05, 4.69) is 4.98 Å². The maximum Gasteiger partial charge on any atom is 0.276 e. The zero-order valence-electron chi connectivity index (χ0n) is 9.43. The van der Waals surface area contributed by atoms with E-state index in [0.29, 0.717) is 10.8 Å². The summed E-state index contributed by atoms with van der Waals surface area (Å²) in [4.78, 5) is 28.4. The highest BCUT2D eigenvalue weighted by Gasteiger charge is 2.32. The summed E-state index contributed by atoms with van der Waals surface area (Å²) in [6.45, 7) is 0. The van der Waals surface area contributed by atoms with Gasteiger partial charge in [0.2, 0.25) is 5.56 Å². The standard InChI is InChI=1S/C11H11N3O2S/c1-13-8(10(16)14(2)11(13)17)5-7-3-4-9(15)12-6-7/h3-6H,1-2H3,(H,12,15)/b8-5+. The lowest BCUT2D eigenvalue weighted by Gasteiger charge is -2.10. The van der Waals surface area contributed by atoms with Gasteiger partial charge in [-0.25, -0.2) is 0 Å². The van der Waals surface area contributed by atoms with Crippen LogP contribution in [0, 0.1) is 0 Å². The molecule has 1 aliphatic heterocycles. The predicted octanol–water partition coefficient (Wildman–Crippen LogP) is 0.404. The molecule has 1 aromatic rings. The van der Waals surface area contributed by atoms with Gasteiger partial charge >= 0.3 is 0 Å². The maximum atomic E-state index is 11.9. The molecule has 1 N–H and O–H groups in total. The fourth-order valence-electron chi connectivity index (χ4n) is 1.56. The van der Waals surface area contributed by atoms with Gasteiger partial charge in [-0.1, -0.05) is 0 Å². The molecule has 1 aliphatic rings. The van der Waals surface area contributed by atoms with Crippen LogP contribution in [0.15, 0.2) is 28.8 Å². The van der Waals surface area contributed by atoms with Crippen LogP contribution in [0.2, 0.25) is 0 Å². The molecule has 1 saturated heterocycles. The van der Waals surface area contributed by atoms with E-state index >= 15 is 0 Å². The van der Waals surface area contributed by atoms with Crippen molar-refractivity contribution in [2.75, 3.05) is 14.1 Å². The van der Waals surface area contributed by atoms with Crippen molar-refractivity contribution < 1.29 is 4.79 Å². The zero-order chi connectivity index (χ0) is 12.6. The summed E-state index contributed by atoms with van der Waals surface area (Å²) in [7, 11) is 3.37. The monoisotopic (exact) mass is 249 g/mol. The number of carbonyl (C=O) groups excluding carboxylic acids is 1. The number of hydrogen-bond donors (Lipinski definition) is 1. The topological polar surface area (TPSA) is 56.4 Å². The lowest BCUT2D eigenvalue weighted by atomic mass is 10.2. The Bertz CT molecular complexity index is 556. The number of carbonyl (C=O) groups is 1. The summed E-state index contributed by atoms with van der Waals surface area (Å²) in [5.41, 5.74) is 1.06. The van der Waals surface area contributed by atoms with E-state index < -0.39 is 0 Å². The molecule has 1 aromatic heterocycles. The van der Waals surface area contributed by atoms with Crippen LogP contribution < -0.4 is 5.56 Å². The molecule has 2 rings (SSSR count). The maximum absolute atomic E-state index is 11.9. The lowest BCUT2D eigenvalue weighted by molar-refractivity contribution is -0.121. The molecule has 88 valence electrons. The molecule has 0 aliphatic carbocycles. The number of pyridine rings is 1. The second-order valence-electron chi connectivity index (χ2n) is 3.72. The number of rotatable bonds is 1. The van der Waals surface area contributed by atoms with Crippen molar-refractivity contribution in [3.63, 3.8) is 0 Å². The number of likely N-dealkylation sites (N-methyl/N-ethyl adjacent to an activating group) is 2. The molecule has 0 radical (unpaired) electrons. The summed E-state index contributed by atoms with van der Waals surface area (Å²) in [6.07, 6.45) is 3.24. The van der Waals surface area contributed by atoms with Gasteiger partial charge in [0.05, 0.1) is 0 Å². The Morgan fingerprint density at radius 1 is 1.24 bits per heavy atom. The number of H-pyrrole nitrogens is 1. The third kappa shape index (κ3) is 1.99. The predicted molar refractivity (Wildman–Crippen MR) is 68.2 cm³/mol.